The van der Waals surface area contributed by atoms with E-state index < -0.39 is 12.2 Å². The summed E-state index contributed by atoms with van der Waals surface area (Å²) in [5.41, 5.74) is 0.347. The van der Waals surface area contributed by atoms with E-state index in [2.05, 4.69) is 0 Å². The number of methoxy groups -OCH3 is 2. The van der Waals surface area contributed by atoms with Crippen molar-refractivity contribution in [1.29, 1.82) is 5.26 Å². The van der Waals surface area contributed by atoms with Crippen LogP contribution in [0.25, 0.3) is 0 Å². The summed E-state index contributed by atoms with van der Waals surface area (Å²) in [6.07, 6.45) is -2.56. The van der Waals surface area contributed by atoms with E-state index in [4.69, 9.17) is 14.7 Å². The minimum absolute atomic E-state index is 0.164. The van der Waals surface area contributed by atoms with Crippen LogP contribution >= 0.6 is 0 Å². The van der Waals surface area contributed by atoms with Crippen molar-refractivity contribution in [2.75, 3.05) is 14.2 Å². The molecule has 17 heavy (non-hydrogen) atoms. The van der Waals surface area contributed by atoms with Gasteiger partial charge in [0.2, 0.25) is 0 Å². The Bertz CT molecular complexity index is 391. The van der Waals surface area contributed by atoms with Crippen LogP contribution in [0.5, 0.6) is 11.5 Å². The van der Waals surface area contributed by atoms with Gasteiger partial charge in [0.05, 0.1) is 38.4 Å². The van der Waals surface area contributed by atoms with Gasteiger partial charge in [0.15, 0.2) is 0 Å². The fourth-order valence-electron chi connectivity index (χ4n) is 1.57. The van der Waals surface area contributed by atoms with E-state index in [1.165, 1.54) is 14.2 Å². The minimum atomic E-state index is -1.22. The molecule has 0 spiro atoms. The lowest BCUT2D eigenvalue weighted by Crippen LogP contribution is -2.19. The van der Waals surface area contributed by atoms with Gasteiger partial charge in [-0.2, -0.15) is 5.26 Å². The highest BCUT2D eigenvalue weighted by atomic mass is 16.5. The van der Waals surface area contributed by atoms with Crippen LogP contribution in [0.1, 0.15) is 18.1 Å². The van der Waals surface area contributed by atoms with Crippen LogP contribution in [0.2, 0.25) is 0 Å². The zero-order chi connectivity index (χ0) is 12.8. The third-order valence-corrected chi connectivity index (χ3v) is 2.43. The van der Waals surface area contributed by atoms with Gasteiger partial charge < -0.3 is 19.7 Å². The van der Waals surface area contributed by atoms with Crippen LogP contribution in [-0.4, -0.2) is 30.5 Å². The van der Waals surface area contributed by atoms with Crippen molar-refractivity contribution in [1.82, 2.24) is 0 Å². The number of nitrogens with zero attached hydrogens (tertiary/aromatic N) is 1. The van der Waals surface area contributed by atoms with Gasteiger partial charge in [-0.25, -0.2) is 0 Å². The molecule has 0 radical (unpaired) electrons. The smallest absolute Gasteiger partial charge is 0.128 e. The fourth-order valence-corrected chi connectivity index (χ4v) is 1.57. The van der Waals surface area contributed by atoms with Crippen LogP contribution in [0.15, 0.2) is 18.2 Å². The second kappa shape index (κ2) is 6.09. The van der Waals surface area contributed by atoms with Crippen LogP contribution < -0.4 is 9.47 Å². The number of benzene rings is 1. The third kappa shape index (κ3) is 2.87. The summed E-state index contributed by atoms with van der Waals surface area (Å²) in [5, 5.41) is 28.1. The Hall–Kier alpha value is -1.77. The molecule has 0 saturated heterocycles. The summed E-state index contributed by atoms with van der Waals surface area (Å²) in [7, 11) is 2.92. The number of hydrogen-bond acceptors (Lipinski definition) is 5. The Kier molecular flexibility index (Phi) is 4.76. The highest BCUT2D eigenvalue weighted by Crippen LogP contribution is 2.35. The quantitative estimate of drug-likeness (QED) is 0.798. The average molecular weight is 237 g/mol. The van der Waals surface area contributed by atoms with Crippen molar-refractivity contribution in [2.45, 2.75) is 18.6 Å². The monoisotopic (exact) mass is 237 g/mol. The third-order valence-electron chi connectivity index (χ3n) is 2.43. The molecule has 0 fully saturated rings. The number of hydrogen-bond donors (Lipinski definition) is 2. The molecule has 2 unspecified atom stereocenters. The maximum atomic E-state index is 9.98. The van der Waals surface area contributed by atoms with Crippen molar-refractivity contribution in [2.24, 2.45) is 0 Å². The maximum absolute atomic E-state index is 9.98. The summed E-state index contributed by atoms with van der Waals surface area (Å²) in [4.78, 5) is 0. The lowest BCUT2D eigenvalue weighted by molar-refractivity contribution is 0.0188. The van der Waals surface area contributed by atoms with Crippen LogP contribution in [0.4, 0.5) is 0 Å². The lowest BCUT2D eigenvalue weighted by atomic mass is 10.0. The highest BCUT2D eigenvalue weighted by Gasteiger charge is 2.25. The summed E-state index contributed by atoms with van der Waals surface area (Å²) < 4.78 is 10.2. The topological polar surface area (TPSA) is 82.7 Å². The molecule has 0 aliphatic rings. The molecule has 1 aromatic carbocycles. The molecule has 0 amide bonds. The van der Waals surface area contributed by atoms with E-state index in [0.717, 1.165) is 0 Å². The Labute approximate surface area is 99.8 Å². The Morgan fingerprint density at radius 1 is 1.24 bits per heavy atom. The highest BCUT2D eigenvalue weighted by molar-refractivity contribution is 5.46. The largest absolute Gasteiger partial charge is 0.496 e. The predicted molar refractivity (Wildman–Crippen MR) is 60.7 cm³/mol. The van der Waals surface area contributed by atoms with Gasteiger partial charge in [-0.05, 0) is 12.1 Å². The number of ether oxygens (including phenoxy) is 2. The molecule has 92 valence electrons. The van der Waals surface area contributed by atoms with Crippen molar-refractivity contribution < 1.29 is 19.7 Å². The van der Waals surface area contributed by atoms with Gasteiger partial charge in [0.25, 0.3) is 0 Å². The van der Waals surface area contributed by atoms with Gasteiger partial charge in [0, 0.05) is 0 Å². The minimum Gasteiger partial charge on any atom is -0.496 e. The fraction of sp³-hybridized carbons (Fsp3) is 0.417. The summed E-state index contributed by atoms with van der Waals surface area (Å²) in [6, 6.07) is 6.82. The first kappa shape index (κ1) is 13.3. The first-order valence-electron chi connectivity index (χ1n) is 5.09. The summed E-state index contributed by atoms with van der Waals surface area (Å²) in [5.74, 6) is 0.822. The average Bonchev–Trinajstić information content (AvgIpc) is 2.37. The molecule has 2 N–H and O–H groups in total. The van der Waals surface area contributed by atoms with E-state index in [1.54, 1.807) is 24.3 Å². The number of nitriles is 1. The summed E-state index contributed by atoms with van der Waals surface area (Å²) in [6.45, 7) is 0. The second-order valence-corrected chi connectivity index (χ2v) is 3.45. The zero-order valence-electron chi connectivity index (χ0n) is 9.75. The van der Waals surface area contributed by atoms with E-state index in [9.17, 15) is 10.2 Å². The maximum Gasteiger partial charge on any atom is 0.128 e. The molecule has 0 aromatic heterocycles. The SMILES string of the molecule is COc1cccc(OC)c1C(O)C(O)CC#N. The second-order valence-electron chi connectivity index (χ2n) is 3.45. The molecular formula is C12H15NO4. The standard InChI is InChI=1S/C12H15NO4/c1-16-9-4-3-5-10(17-2)11(9)12(15)8(14)6-7-13/h3-5,8,12,14-15H,6H2,1-2H3. The molecule has 0 saturated carbocycles. The number of rotatable bonds is 5. The van der Waals surface area contributed by atoms with Crippen molar-refractivity contribution in [3.05, 3.63) is 23.8 Å². The van der Waals surface area contributed by atoms with E-state index in [0.29, 0.717) is 17.1 Å². The number of aliphatic hydroxyl groups is 2. The summed E-state index contributed by atoms with van der Waals surface area (Å²) >= 11 is 0. The molecule has 1 rings (SSSR count). The first-order chi connectivity index (χ1) is 8.15. The molecule has 5 nitrogen and oxygen atoms in total. The zero-order valence-corrected chi connectivity index (χ0v) is 9.75. The van der Waals surface area contributed by atoms with Gasteiger partial charge in [-0.3, -0.25) is 0 Å². The van der Waals surface area contributed by atoms with Crippen molar-refractivity contribution >= 4 is 0 Å². The molecule has 1 aromatic rings. The van der Waals surface area contributed by atoms with Gasteiger partial charge >= 0.3 is 0 Å². The van der Waals surface area contributed by atoms with Crippen molar-refractivity contribution in [3.63, 3.8) is 0 Å². The lowest BCUT2D eigenvalue weighted by Gasteiger charge is -2.20. The molecule has 5 heteroatoms. The molecular weight excluding hydrogens is 222 g/mol. The van der Waals surface area contributed by atoms with Gasteiger partial charge in [-0.15, -0.1) is 0 Å². The molecule has 0 bridgehead atoms. The van der Waals surface area contributed by atoms with Crippen LogP contribution in [0.3, 0.4) is 0 Å². The van der Waals surface area contributed by atoms with Crippen LogP contribution in [0, 0.1) is 11.3 Å². The molecule has 0 heterocycles. The van der Waals surface area contributed by atoms with Crippen LogP contribution in [-0.2, 0) is 0 Å². The molecule has 0 aliphatic heterocycles. The molecule has 0 aliphatic carbocycles. The normalized spacial score (nSPS) is 13.6. The van der Waals surface area contributed by atoms with E-state index >= 15 is 0 Å². The van der Waals surface area contributed by atoms with Crippen molar-refractivity contribution in [3.8, 4) is 17.6 Å². The van der Waals surface area contributed by atoms with E-state index in [-0.39, 0.29) is 6.42 Å². The van der Waals surface area contributed by atoms with Gasteiger partial charge in [-0.1, -0.05) is 6.07 Å². The Morgan fingerprint density at radius 2 is 1.76 bits per heavy atom. The Morgan fingerprint density at radius 3 is 2.18 bits per heavy atom. The van der Waals surface area contributed by atoms with E-state index in [1.807, 2.05) is 0 Å². The number of aliphatic hydroxyl groups excluding tert-OH is 2. The Balaban J connectivity index is 3.14. The van der Waals surface area contributed by atoms with Gasteiger partial charge in [0.1, 0.15) is 17.6 Å². The predicted octanol–water partition coefficient (Wildman–Crippen LogP) is 1.01. The first-order valence-corrected chi connectivity index (χ1v) is 5.09. The molecule has 2 atom stereocenters.